The van der Waals surface area contributed by atoms with Gasteiger partial charge in [-0.1, -0.05) is 0 Å². The Morgan fingerprint density at radius 1 is 1.43 bits per heavy atom. The number of hydrogen-bond donors (Lipinski definition) is 1. The first kappa shape index (κ1) is 15.7. The summed E-state index contributed by atoms with van der Waals surface area (Å²) < 4.78 is 9.89. The van der Waals surface area contributed by atoms with Gasteiger partial charge in [0.2, 0.25) is 5.01 Å². The minimum absolute atomic E-state index is 0.116. The Labute approximate surface area is 126 Å². The largest absolute Gasteiger partial charge is 0.464 e. The number of carbonyl (C=O) groups is 2. The zero-order chi connectivity index (χ0) is 15.8. The summed E-state index contributed by atoms with van der Waals surface area (Å²) in [5, 5.41) is 10.3. The fraction of sp³-hybridized carbons (Fsp3) is 0.615. The van der Waals surface area contributed by atoms with Gasteiger partial charge in [0, 0.05) is 0 Å². The number of esters is 1. The summed E-state index contributed by atoms with van der Waals surface area (Å²) in [6.07, 6.45) is -1.39. The van der Waals surface area contributed by atoms with Gasteiger partial charge in [-0.3, -0.25) is 4.90 Å². The summed E-state index contributed by atoms with van der Waals surface area (Å²) in [7, 11) is 1.27. The minimum atomic E-state index is -0.878. The minimum Gasteiger partial charge on any atom is -0.464 e. The topological polar surface area (TPSA) is 89.0 Å². The molecule has 1 aromatic heterocycles. The smallest absolute Gasteiger partial charge is 0.410 e. The van der Waals surface area contributed by atoms with Gasteiger partial charge in [-0.2, -0.15) is 0 Å². The number of rotatable bonds is 1. The van der Waals surface area contributed by atoms with Crippen molar-refractivity contribution in [3.8, 4) is 0 Å². The van der Waals surface area contributed by atoms with Crippen molar-refractivity contribution in [1.29, 1.82) is 0 Å². The molecule has 1 amide bonds. The van der Waals surface area contributed by atoms with E-state index >= 15 is 0 Å². The number of thiazole rings is 1. The molecule has 21 heavy (non-hydrogen) atoms. The number of hydrogen-bond acceptors (Lipinski definition) is 7. The molecule has 8 heteroatoms. The molecule has 0 aromatic carbocycles. The molecule has 2 heterocycles. The van der Waals surface area contributed by atoms with E-state index in [1.807, 2.05) is 0 Å². The van der Waals surface area contributed by atoms with Crippen LogP contribution >= 0.6 is 11.3 Å². The molecule has 0 radical (unpaired) electrons. The fourth-order valence-corrected chi connectivity index (χ4v) is 2.88. The average Bonchev–Trinajstić information content (AvgIpc) is 2.80. The Morgan fingerprint density at radius 2 is 2.10 bits per heavy atom. The number of aliphatic hydroxyl groups is 1. The maximum absolute atomic E-state index is 12.0. The molecule has 116 valence electrons. The van der Waals surface area contributed by atoms with Gasteiger partial charge >= 0.3 is 12.1 Å². The number of nitrogens with zero attached hydrogens (tertiary/aromatic N) is 2. The molecule has 1 aliphatic heterocycles. The van der Waals surface area contributed by atoms with Crippen molar-refractivity contribution in [3.05, 3.63) is 15.6 Å². The molecule has 0 saturated carbocycles. The molecule has 1 atom stereocenters. The molecule has 0 spiro atoms. The molecule has 1 aliphatic rings. The second kappa shape index (κ2) is 5.61. The third kappa shape index (κ3) is 3.51. The van der Waals surface area contributed by atoms with Crippen molar-refractivity contribution in [2.24, 2.45) is 0 Å². The van der Waals surface area contributed by atoms with Gasteiger partial charge in [-0.05, 0) is 20.8 Å². The van der Waals surface area contributed by atoms with E-state index in [1.165, 1.54) is 12.0 Å². The van der Waals surface area contributed by atoms with Crippen LogP contribution in [0, 0.1) is 0 Å². The summed E-state index contributed by atoms with van der Waals surface area (Å²) in [5.74, 6) is -0.551. The monoisotopic (exact) mass is 314 g/mol. The number of β-amino-alcohol motifs (C(OH)–C–C–N with tert-alkyl or cyclic N) is 1. The molecule has 0 fully saturated rings. The fourth-order valence-electron chi connectivity index (χ4n) is 1.91. The van der Waals surface area contributed by atoms with Crippen LogP contribution in [0.3, 0.4) is 0 Å². The molecule has 7 nitrogen and oxygen atoms in total. The van der Waals surface area contributed by atoms with E-state index in [0.29, 0.717) is 10.6 Å². The lowest BCUT2D eigenvalue weighted by Crippen LogP contribution is -2.41. The predicted molar refractivity (Wildman–Crippen MR) is 75.1 cm³/mol. The average molecular weight is 314 g/mol. The van der Waals surface area contributed by atoms with Crippen LogP contribution in [0.4, 0.5) is 4.79 Å². The lowest BCUT2D eigenvalue weighted by atomic mass is 10.1. The second-order valence-corrected chi connectivity index (χ2v) is 6.73. The van der Waals surface area contributed by atoms with Crippen LogP contribution in [0.2, 0.25) is 0 Å². The lowest BCUT2D eigenvalue weighted by Gasteiger charge is -2.31. The number of methoxy groups -OCH3 is 1. The zero-order valence-corrected chi connectivity index (χ0v) is 13.2. The molecule has 0 saturated heterocycles. The van der Waals surface area contributed by atoms with Crippen LogP contribution in [0.1, 0.15) is 47.2 Å². The highest BCUT2D eigenvalue weighted by atomic mass is 32.1. The number of aromatic nitrogens is 1. The number of aliphatic hydroxyl groups excluding tert-OH is 1. The van der Waals surface area contributed by atoms with Gasteiger partial charge in [0.05, 0.1) is 30.8 Å². The molecule has 1 aromatic rings. The van der Waals surface area contributed by atoms with Crippen LogP contribution < -0.4 is 0 Å². The molecular weight excluding hydrogens is 296 g/mol. The van der Waals surface area contributed by atoms with Crippen LogP contribution in [0.15, 0.2) is 0 Å². The van der Waals surface area contributed by atoms with Crippen molar-refractivity contribution in [3.63, 3.8) is 0 Å². The third-order valence-corrected chi connectivity index (χ3v) is 3.95. The van der Waals surface area contributed by atoms with Crippen molar-refractivity contribution < 1.29 is 24.2 Å². The van der Waals surface area contributed by atoms with Gasteiger partial charge in [0.15, 0.2) is 0 Å². The number of ether oxygens (including phenoxy) is 2. The molecule has 2 rings (SSSR count). The van der Waals surface area contributed by atoms with Crippen LogP contribution in [-0.4, -0.2) is 46.3 Å². The Morgan fingerprint density at radius 3 is 2.67 bits per heavy atom. The zero-order valence-electron chi connectivity index (χ0n) is 12.4. The third-order valence-electron chi connectivity index (χ3n) is 2.78. The second-order valence-electron chi connectivity index (χ2n) is 5.70. The maximum atomic E-state index is 12.0. The Balaban J connectivity index is 2.18. The molecule has 1 N–H and O–H groups in total. The van der Waals surface area contributed by atoms with E-state index in [-0.39, 0.29) is 18.1 Å². The first-order valence-electron chi connectivity index (χ1n) is 6.45. The van der Waals surface area contributed by atoms with E-state index in [2.05, 4.69) is 9.72 Å². The van der Waals surface area contributed by atoms with Gasteiger partial charge in [0.25, 0.3) is 0 Å². The van der Waals surface area contributed by atoms with E-state index in [0.717, 1.165) is 11.3 Å². The standard InChI is InChI=1S/C13H18N2O5S/c1-13(2,3)20-12(18)15-5-7-9(8(16)6-15)21-10(14-7)11(17)19-4/h8,16H,5-6H2,1-4H3. The summed E-state index contributed by atoms with van der Waals surface area (Å²) in [5.41, 5.74) is -0.105. The highest BCUT2D eigenvalue weighted by Crippen LogP contribution is 2.32. The molecule has 0 aliphatic carbocycles. The molecular formula is C13H18N2O5S. The number of amides is 1. The van der Waals surface area contributed by atoms with Crippen molar-refractivity contribution in [2.75, 3.05) is 13.7 Å². The van der Waals surface area contributed by atoms with Crippen LogP contribution in [-0.2, 0) is 16.0 Å². The SMILES string of the molecule is COC(=O)c1nc2c(s1)C(O)CN(C(=O)OC(C)(C)C)C2. The first-order valence-corrected chi connectivity index (χ1v) is 7.27. The summed E-state index contributed by atoms with van der Waals surface area (Å²) in [6.45, 7) is 5.64. The summed E-state index contributed by atoms with van der Waals surface area (Å²) >= 11 is 1.09. The number of carbonyl (C=O) groups excluding carboxylic acids is 2. The lowest BCUT2D eigenvalue weighted by molar-refractivity contribution is 0.00845. The van der Waals surface area contributed by atoms with E-state index < -0.39 is 23.8 Å². The van der Waals surface area contributed by atoms with Gasteiger partial charge in [-0.25, -0.2) is 14.6 Å². The summed E-state index contributed by atoms with van der Waals surface area (Å²) in [4.78, 5) is 29.6. The Bertz CT molecular complexity index is 563. The Hall–Kier alpha value is -1.67. The van der Waals surface area contributed by atoms with Gasteiger partial charge in [-0.15, -0.1) is 11.3 Å². The van der Waals surface area contributed by atoms with Gasteiger partial charge < -0.3 is 14.6 Å². The predicted octanol–water partition coefficient (Wildman–Crippen LogP) is 1.71. The maximum Gasteiger partial charge on any atom is 0.410 e. The highest BCUT2D eigenvalue weighted by Gasteiger charge is 2.33. The summed E-state index contributed by atoms with van der Waals surface area (Å²) in [6, 6.07) is 0. The number of fused-ring (bicyclic) bond motifs is 1. The van der Waals surface area contributed by atoms with E-state index in [4.69, 9.17) is 4.74 Å². The Kier molecular flexibility index (Phi) is 4.20. The van der Waals surface area contributed by atoms with Crippen molar-refractivity contribution in [1.82, 2.24) is 9.88 Å². The van der Waals surface area contributed by atoms with Crippen molar-refractivity contribution >= 4 is 23.4 Å². The molecule has 0 bridgehead atoms. The normalized spacial score (nSPS) is 18.1. The van der Waals surface area contributed by atoms with Crippen molar-refractivity contribution in [2.45, 2.75) is 39.0 Å². The quantitative estimate of drug-likeness (QED) is 0.794. The van der Waals surface area contributed by atoms with E-state index in [9.17, 15) is 14.7 Å². The highest BCUT2D eigenvalue weighted by molar-refractivity contribution is 7.13. The van der Waals surface area contributed by atoms with E-state index in [1.54, 1.807) is 20.8 Å². The van der Waals surface area contributed by atoms with Crippen LogP contribution in [0.5, 0.6) is 0 Å². The van der Waals surface area contributed by atoms with Crippen LogP contribution in [0.25, 0.3) is 0 Å². The van der Waals surface area contributed by atoms with Gasteiger partial charge in [0.1, 0.15) is 11.7 Å². The molecule has 1 unspecified atom stereocenters. The first-order chi connectivity index (χ1) is 9.71.